The molecule has 0 fully saturated rings. The molecule has 0 bridgehead atoms. The van der Waals surface area contributed by atoms with E-state index in [4.69, 9.17) is 10.5 Å². The molecule has 0 aliphatic heterocycles. The summed E-state index contributed by atoms with van der Waals surface area (Å²) in [6.45, 7) is 8.16. The third-order valence-electron chi connectivity index (χ3n) is 1.79. The van der Waals surface area contributed by atoms with Crippen molar-refractivity contribution in [1.29, 1.82) is 0 Å². The Hall–Kier alpha value is -0.610. The Morgan fingerprint density at radius 2 is 2.15 bits per heavy atom. The highest BCUT2D eigenvalue weighted by Crippen LogP contribution is 1.93. The first-order valence-corrected chi connectivity index (χ1v) is 4.75. The Morgan fingerprint density at radius 1 is 1.54 bits per heavy atom. The number of carbonyl (C=O) groups excluding carboxylic acids is 1. The van der Waals surface area contributed by atoms with Gasteiger partial charge in [0.05, 0.1) is 12.6 Å². The minimum atomic E-state index is -0.415. The normalized spacial score (nSPS) is 12.6. The lowest BCUT2D eigenvalue weighted by Crippen LogP contribution is -2.43. The molecule has 2 N–H and O–H groups in total. The molecule has 13 heavy (non-hydrogen) atoms. The summed E-state index contributed by atoms with van der Waals surface area (Å²) in [6.07, 6.45) is 0. The van der Waals surface area contributed by atoms with Gasteiger partial charge in [0.25, 0.3) is 0 Å². The predicted molar refractivity (Wildman–Crippen MR) is 52.4 cm³/mol. The highest BCUT2D eigenvalue weighted by molar-refractivity contribution is 5.81. The highest BCUT2D eigenvalue weighted by atomic mass is 16.5. The monoisotopic (exact) mass is 188 g/mol. The second kappa shape index (κ2) is 6.86. The topological polar surface area (TPSA) is 55.6 Å². The average Bonchev–Trinajstić information content (AvgIpc) is 2.11. The molecule has 0 rings (SSSR count). The van der Waals surface area contributed by atoms with Crippen LogP contribution in [-0.2, 0) is 9.53 Å². The Kier molecular flexibility index (Phi) is 6.54. The summed E-state index contributed by atoms with van der Waals surface area (Å²) in [7, 11) is 0. The minimum Gasteiger partial charge on any atom is -0.380 e. The van der Waals surface area contributed by atoms with Crippen LogP contribution in [0.1, 0.15) is 20.8 Å². The third kappa shape index (κ3) is 4.85. The maximum absolute atomic E-state index is 11.4. The quantitative estimate of drug-likeness (QED) is 0.607. The van der Waals surface area contributed by atoms with Crippen LogP contribution in [0, 0.1) is 0 Å². The molecule has 0 aliphatic rings. The van der Waals surface area contributed by atoms with E-state index in [1.807, 2.05) is 13.8 Å². The first kappa shape index (κ1) is 12.4. The Labute approximate surface area is 80.0 Å². The first-order valence-electron chi connectivity index (χ1n) is 4.75. The van der Waals surface area contributed by atoms with Gasteiger partial charge in [-0.1, -0.05) is 0 Å². The molecule has 0 saturated heterocycles. The maximum Gasteiger partial charge on any atom is 0.239 e. The summed E-state index contributed by atoms with van der Waals surface area (Å²) in [4.78, 5) is 13.1. The summed E-state index contributed by atoms with van der Waals surface area (Å²) >= 11 is 0. The zero-order valence-electron chi connectivity index (χ0n) is 8.75. The minimum absolute atomic E-state index is 0.0118. The average molecular weight is 188 g/mol. The lowest BCUT2D eigenvalue weighted by atomic mass is 10.3. The predicted octanol–water partition coefficient (Wildman–Crippen LogP) is 0.219. The van der Waals surface area contributed by atoms with Crippen LogP contribution in [0.3, 0.4) is 0 Å². The van der Waals surface area contributed by atoms with Crippen LogP contribution < -0.4 is 5.73 Å². The number of nitrogens with zero attached hydrogens (tertiary/aromatic N) is 1. The van der Waals surface area contributed by atoms with E-state index in [0.717, 1.165) is 0 Å². The summed E-state index contributed by atoms with van der Waals surface area (Å²) in [6, 6.07) is -0.415. The van der Waals surface area contributed by atoms with Crippen molar-refractivity contribution in [3.63, 3.8) is 0 Å². The molecule has 0 saturated carbocycles. The molecule has 0 heterocycles. The van der Waals surface area contributed by atoms with Gasteiger partial charge in [-0.2, -0.15) is 0 Å². The Balaban J connectivity index is 3.81. The van der Waals surface area contributed by atoms with Gasteiger partial charge in [-0.3, -0.25) is 4.79 Å². The first-order chi connectivity index (χ1) is 6.13. The number of nitrogens with two attached hydrogens (primary N) is 1. The molecule has 0 aromatic carbocycles. The molecular formula is C9H20N2O2. The van der Waals surface area contributed by atoms with Gasteiger partial charge in [0.15, 0.2) is 0 Å². The summed E-state index contributed by atoms with van der Waals surface area (Å²) in [5, 5.41) is 0. The number of hydrogen-bond acceptors (Lipinski definition) is 3. The van der Waals surface area contributed by atoms with Gasteiger partial charge in [-0.15, -0.1) is 0 Å². The van der Waals surface area contributed by atoms with Crippen LogP contribution in [0.2, 0.25) is 0 Å². The van der Waals surface area contributed by atoms with Gasteiger partial charge in [-0.25, -0.2) is 0 Å². The molecule has 78 valence electrons. The van der Waals surface area contributed by atoms with E-state index in [9.17, 15) is 4.79 Å². The van der Waals surface area contributed by atoms with E-state index < -0.39 is 6.04 Å². The number of likely N-dealkylation sites (N-methyl/N-ethyl adjacent to an activating group) is 1. The van der Waals surface area contributed by atoms with Crippen molar-refractivity contribution in [2.75, 3.05) is 26.3 Å². The zero-order valence-corrected chi connectivity index (χ0v) is 8.75. The van der Waals surface area contributed by atoms with Crippen molar-refractivity contribution in [2.24, 2.45) is 5.73 Å². The Morgan fingerprint density at radius 3 is 2.54 bits per heavy atom. The van der Waals surface area contributed by atoms with Crippen LogP contribution in [0.15, 0.2) is 0 Å². The van der Waals surface area contributed by atoms with Crippen LogP contribution in [0.25, 0.3) is 0 Å². The van der Waals surface area contributed by atoms with Crippen molar-refractivity contribution in [3.05, 3.63) is 0 Å². The SMILES string of the molecule is CCOCCN(CC)C(=O)C(C)N. The lowest BCUT2D eigenvalue weighted by Gasteiger charge is -2.22. The second-order valence-corrected chi connectivity index (χ2v) is 2.90. The fourth-order valence-corrected chi connectivity index (χ4v) is 1.03. The van der Waals surface area contributed by atoms with Crippen molar-refractivity contribution in [3.8, 4) is 0 Å². The van der Waals surface area contributed by atoms with E-state index in [0.29, 0.717) is 26.3 Å². The van der Waals surface area contributed by atoms with Gasteiger partial charge in [0, 0.05) is 19.7 Å². The van der Waals surface area contributed by atoms with Gasteiger partial charge in [0.1, 0.15) is 0 Å². The fourth-order valence-electron chi connectivity index (χ4n) is 1.03. The van der Waals surface area contributed by atoms with Gasteiger partial charge in [-0.05, 0) is 20.8 Å². The molecule has 0 radical (unpaired) electrons. The van der Waals surface area contributed by atoms with Crippen molar-refractivity contribution < 1.29 is 9.53 Å². The number of rotatable bonds is 6. The van der Waals surface area contributed by atoms with Gasteiger partial charge < -0.3 is 15.4 Å². The van der Waals surface area contributed by atoms with E-state index in [2.05, 4.69) is 0 Å². The molecule has 1 amide bonds. The van der Waals surface area contributed by atoms with Crippen molar-refractivity contribution in [2.45, 2.75) is 26.8 Å². The van der Waals surface area contributed by atoms with Crippen LogP contribution in [0.4, 0.5) is 0 Å². The number of ether oxygens (including phenoxy) is 1. The Bertz CT molecular complexity index is 149. The summed E-state index contributed by atoms with van der Waals surface area (Å²) < 4.78 is 5.16. The molecule has 0 aromatic rings. The van der Waals surface area contributed by atoms with Crippen molar-refractivity contribution in [1.82, 2.24) is 4.90 Å². The van der Waals surface area contributed by atoms with Crippen LogP contribution >= 0.6 is 0 Å². The molecule has 4 nitrogen and oxygen atoms in total. The summed E-state index contributed by atoms with van der Waals surface area (Å²) in [5.74, 6) is -0.0118. The largest absolute Gasteiger partial charge is 0.380 e. The molecule has 0 aliphatic carbocycles. The number of carbonyl (C=O) groups is 1. The standard InChI is InChI=1S/C9H20N2O2/c1-4-11(6-7-13-5-2)9(12)8(3)10/h8H,4-7,10H2,1-3H3. The maximum atomic E-state index is 11.4. The smallest absolute Gasteiger partial charge is 0.239 e. The third-order valence-corrected chi connectivity index (χ3v) is 1.79. The van der Waals surface area contributed by atoms with E-state index >= 15 is 0 Å². The molecule has 1 atom stereocenters. The highest BCUT2D eigenvalue weighted by Gasteiger charge is 2.14. The van der Waals surface area contributed by atoms with E-state index in [-0.39, 0.29) is 5.91 Å². The molecule has 1 unspecified atom stereocenters. The molecule has 0 spiro atoms. The van der Waals surface area contributed by atoms with Gasteiger partial charge in [0.2, 0.25) is 5.91 Å². The van der Waals surface area contributed by atoms with Crippen molar-refractivity contribution >= 4 is 5.91 Å². The van der Waals surface area contributed by atoms with E-state index in [1.165, 1.54) is 0 Å². The zero-order chi connectivity index (χ0) is 10.3. The number of amides is 1. The lowest BCUT2D eigenvalue weighted by molar-refractivity contribution is -0.132. The van der Waals surface area contributed by atoms with E-state index in [1.54, 1.807) is 11.8 Å². The van der Waals surface area contributed by atoms with Crippen LogP contribution in [-0.4, -0.2) is 43.2 Å². The molecular weight excluding hydrogens is 168 g/mol. The summed E-state index contributed by atoms with van der Waals surface area (Å²) in [5.41, 5.74) is 5.48. The van der Waals surface area contributed by atoms with Crippen LogP contribution in [0.5, 0.6) is 0 Å². The molecule has 4 heteroatoms. The molecule has 0 aromatic heterocycles. The fraction of sp³-hybridized carbons (Fsp3) is 0.889. The second-order valence-electron chi connectivity index (χ2n) is 2.90. The number of hydrogen-bond donors (Lipinski definition) is 1. The van der Waals surface area contributed by atoms with Gasteiger partial charge >= 0.3 is 0 Å².